The minimum atomic E-state index is -0.381. The van der Waals surface area contributed by atoms with Gasteiger partial charge in [-0.15, -0.1) is 0 Å². The number of carbonyl (C=O) groups excluding carboxylic acids is 2. The number of carbonyl (C=O) groups is 2. The van der Waals surface area contributed by atoms with Gasteiger partial charge in [0.1, 0.15) is 5.82 Å². The molecule has 0 aliphatic carbocycles. The lowest BCUT2D eigenvalue weighted by Crippen LogP contribution is -2.39. The molecule has 2 amide bonds. The number of hydrogen-bond acceptors (Lipinski definition) is 3. The first-order valence-corrected chi connectivity index (χ1v) is 9.68. The van der Waals surface area contributed by atoms with Gasteiger partial charge >= 0.3 is 0 Å². The van der Waals surface area contributed by atoms with E-state index in [0.717, 1.165) is 16.7 Å². The Kier molecular flexibility index (Phi) is 7.29. The van der Waals surface area contributed by atoms with Crippen molar-refractivity contribution >= 4 is 17.5 Å². The van der Waals surface area contributed by atoms with Gasteiger partial charge in [0, 0.05) is 5.69 Å². The highest BCUT2D eigenvalue weighted by Crippen LogP contribution is 2.22. The summed E-state index contributed by atoms with van der Waals surface area (Å²) in [6.07, 6.45) is 0. The van der Waals surface area contributed by atoms with Gasteiger partial charge in [0.2, 0.25) is 11.8 Å². The highest BCUT2D eigenvalue weighted by Gasteiger charge is 2.15. The summed E-state index contributed by atoms with van der Waals surface area (Å²) in [6.45, 7) is 1.91. The summed E-state index contributed by atoms with van der Waals surface area (Å²) in [5, 5.41) is 8.47. The smallest absolute Gasteiger partial charge is 0.243 e. The number of anilines is 1. The van der Waals surface area contributed by atoms with Gasteiger partial charge in [0.15, 0.2) is 0 Å². The van der Waals surface area contributed by atoms with Crippen LogP contribution in [0, 0.1) is 12.7 Å². The first-order chi connectivity index (χ1) is 14.5. The van der Waals surface area contributed by atoms with E-state index in [4.69, 9.17) is 0 Å². The van der Waals surface area contributed by atoms with E-state index in [2.05, 4.69) is 16.0 Å². The van der Waals surface area contributed by atoms with E-state index >= 15 is 0 Å². The van der Waals surface area contributed by atoms with Crippen LogP contribution in [-0.4, -0.2) is 24.9 Å². The molecule has 3 aromatic rings. The lowest BCUT2D eigenvalue weighted by atomic mass is 9.98. The molecule has 1 atom stereocenters. The monoisotopic (exact) mass is 405 g/mol. The maximum absolute atomic E-state index is 12.9. The van der Waals surface area contributed by atoms with Crippen molar-refractivity contribution in [1.29, 1.82) is 0 Å². The molecule has 30 heavy (non-hydrogen) atoms. The second-order valence-electron chi connectivity index (χ2n) is 6.97. The molecule has 3 aromatic carbocycles. The van der Waals surface area contributed by atoms with Crippen LogP contribution in [0.1, 0.15) is 22.7 Å². The molecule has 0 aromatic heterocycles. The maximum atomic E-state index is 12.9. The van der Waals surface area contributed by atoms with Gasteiger partial charge < -0.3 is 10.6 Å². The zero-order valence-electron chi connectivity index (χ0n) is 16.7. The summed E-state index contributed by atoms with van der Waals surface area (Å²) in [5.41, 5.74) is 3.73. The third-order valence-corrected chi connectivity index (χ3v) is 4.58. The molecule has 0 unspecified atom stereocenters. The number of benzene rings is 3. The first-order valence-electron chi connectivity index (χ1n) is 9.68. The summed E-state index contributed by atoms with van der Waals surface area (Å²) in [6, 6.07) is 23.3. The largest absolute Gasteiger partial charge is 0.346 e. The van der Waals surface area contributed by atoms with Crippen molar-refractivity contribution in [3.8, 4) is 0 Å². The SMILES string of the molecule is Cc1ccc([C@H](NCC(=O)NCC(=O)Nc2ccc(F)cc2)c2ccccc2)cc1. The molecule has 0 fully saturated rings. The molecule has 0 bridgehead atoms. The average Bonchev–Trinajstić information content (AvgIpc) is 2.76. The van der Waals surface area contributed by atoms with Crippen molar-refractivity contribution in [2.24, 2.45) is 0 Å². The highest BCUT2D eigenvalue weighted by atomic mass is 19.1. The molecule has 0 spiro atoms. The minimum absolute atomic E-state index is 0.0528. The summed E-state index contributed by atoms with van der Waals surface area (Å²) < 4.78 is 12.9. The number of halogens is 1. The van der Waals surface area contributed by atoms with Gasteiger partial charge in [0.25, 0.3) is 0 Å². The number of hydrogen-bond donors (Lipinski definition) is 3. The Hall–Kier alpha value is -3.51. The van der Waals surface area contributed by atoms with E-state index in [1.807, 2.05) is 61.5 Å². The van der Waals surface area contributed by atoms with Crippen LogP contribution in [0.5, 0.6) is 0 Å². The molecule has 0 radical (unpaired) electrons. The molecule has 0 aliphatic rings. The van der Waals surface area contributed by atoms with Gasteiger partial charge in [-0.3, -0.25) is 14.9 Å². The fraction of sp³-hybridized carbons (Fsp3) is 0.167. The van der Waals surface area contributed by atoms with Gasteiger partial charge in [0.05, 0.1) is 19.1 Å². The van der Waals surface area contributed by atoms with Crippen molar-refractivity contribution in [3.05, 3.63) is 101 Å². The Morgan fingerprint density at radius 3 is 2.10 bits per heavy atom. The van der Waals surface area contributed by atoms with E-state index in [0.29, 0.717) is 5.69 Å². The molecular formula is C24H24FN3O2. The third kappa shape index (κ3) is 6.25. The summed E-state index contributed by atoms with van der Waals surface area (Å²) in [5.74, 6) is -1.06. The van der Waals surface area contributed by atoms with Crippen LogP contribution in [-0.2, 0) is 9.59 Å². The summed E-state index contributed by atoms with van der Waals surface area (Å²) >= 11 is 0. The summed E-state index contributed by atoms with van der Waals surface area (Å²) in [4.78, 5) is 24.2. The molecule has 0 saturated heterocycles. The van der Waals surface area contributed by atoms with Gasteiger partial charge in [-0.2, -0.15) is 0 Å². The predicted molar refractivity (Wildman–Crippen MR) is 116 cm³/mol. The van der Waals surface area contributed by atoms with Crippen molar-refractivity contribution in [3.63, 3.8) is 0 Å². The Bertz CT molecular complexity index is 974. The summed E-state index contributed by atoms with van der Waals surface area (Å²) in [7, 11) is 0. The van der Waals surface area contributed by atoms with Crippen LogP contribution in [0.4, 0.5) is 10.1 Å². The van der Waals surface area contributed by atoms with Crippen molar-refractivity contribution in [2.75, 3.05) is 18.4 Å². The second kappa shape index (κ2) is 10.3. The van der Waals surface area contributed by atoms with E-state index in [1.54, 1.807) is 0 Å². The van der Waals surface area contributed by atoms with E-state index in [1.165, 1.54) is 24.3 Å². The van der Waals surface area contributed by atoms with Gasteiger partial charge in [-0.1, -0.05) is 60.2 Å². The molecule has 5 nitrogen and oxygen atoms in total. The van der Waals surface area contributed by atoms with Gasteiger partial charge in [-0.25, -0.2) is 4.39 Å². The van der Waals surface area contributed by atoms with Crippen LogP contribution >= 0.6 is 0 Å². The molecular weight excluding hydrogens is 381 g/mol. The lowest BCUT2D eigenvalue weighted by Gasteiger charge is -2.20. The Morgan fingerprint density at radius 2 is 1.43 bits per heavy atom. The zero-order chi connectivity index (χ0) is 21.3. The molecule has 3 rings (SSSR count). The van der Waals surface area contributed by atoms with Gasteiger partial charge in [-0.05, 0) is 42.3 Å². The van der Waals surface area contributed by atoms with E-state index in [-0.39, 0.29) is 36.8 Å². The Labute approximate surface area is 175 Å². The van der Waals surface area contributed by atoms with Crippen LogP contribution in [0.15, 0.2) is 78.9 Å². The average molecular weight is 405 g/mol. The molecule has 3 N–H and O–H groups in total. The molecule has 154 valence electrons. The lowest BCUT2D eigenvalue weighted by molar-refractivity contribution is -0.123. The third-order valence-electron chi connectivity index (χ3n) is 4.58. The van der Waals surface area contributed by atoms with Crippen molar-refractivity contribution in [2.45, 2.75) is 13.0 Å². The molecule has 0 heterocycles. The molecule has 0 saturated carbocycles. The number of nitrogens with one attached hydrogen (secondary N) is 3. The normalized spacial score (nSPS) is 11.5. The van der Waals surface area contributed by atoms with Crippen molar-refractivity contribution < 1.29 is 14.0 Å². The molecule has 6 heteroatoms. The van der Waals surface area contributed by atoms with Crippen LogP contribution in [0.25, 0.3) is 0 Å². The topological polar surface area (TPSA) is 70.2 Å². The van der Waals surface area contributed by atoms with E-state index < -0.39 is 0 Å². The maximum Gasteiger partial charge on any atom is 0.243 e. The number of aryl methyl sites for hydroxylation is 1. The standard InChI is InChI=1S/C24H24FN3O2/c1-17-7-9-19(10-8-17)24(18-5-3-2-4-6-18)27-15-22(29)26-16-23(30)28-21-13-11-20(25)12-14-21/h2-14,24,27H,15-16H2,1H3,(H,26,29)(H,28,30)/t24-/m1/s1. The zero-order valence-corrected chi connectivity index (χ0v) is 16.7. The fourth-order valence-electron chi connectivity index (χ4n) is 3.01. The van der Waals surface area contributed by atoms with Crippen LogP contribution < -0.4 is 16.0 Å². The van der Waals surface area contributed by atoms with Crippen LogP contribution in [0.2, 0.25) is 0 Å². The fourth-order valence-corrected chi connectivity index (χ4v) is 3.01. The highest BCUT2D eigenvalue weighted by molar-refractivity contribution is 5.94. The Balaban J connectivity index is 1.54. The first kappa shape index (κ1) is 21.2. The quantitative estimate of drug-likeness (QED) is 0.537. The predicted octanol–water partition coefficient (Wildman–Crippen LogP) is 3.57. The van der Waals surface area contributed by atoms with Crippen LogP contribution in [0.3, 0.4) is 0 Å². The molecule has 0 aliphatic heterocycles. The minimum Gasteiger partial charge on any atom is -0.346 e. The number of rotatable bonds is 8. The number of amides is 2. The second-order valence-corrected chi connectivity index (χ2v) is 6.97. The van der Waals surface area contributed by atoms with E-state index in [9.17, 15) is 14.0 Å². The Morgan fingerprint density at radius 1 is 0.800 bits per heavy atom. The van der Waals surface area contributed by atoms with Crippen molar-refractivity contribution in [1.82, 2.24) is 10.6 Å².